The van der Waals surface area contributed by atoms with Gasteiger partial charge in [-0.1, -0.05) is 30.3 Å². The summed E-state index contributed by atoms with van der Waals surface area (Å²) in [5.74, 6) is -2.25. The van der Waals surface area contributed by atoms with Gasteiger partial charge in [-0.3, -0.25) is 4.79 Å². The predicted molar refractivity (Wildman–Crippen MR) is 91.7 cm³/mol. The lowest BCUT2D eigenvalue weighted by atomic mass is 10.1. The maximum absolute atomic E-state index is 13.1. The fourth-order valence-electron chi connectivity index (χ4n) is 2.22. The second-order valence-corrected chi connectivity index (χ2v) is 5.36. The number of rotatable bonds is 6. The van der Waals surface area contributed by atoms with Gasteiger partial charge in [0, 0.05) is 17.2 Å². The molecular weight excluding hydrogens is 340 g/mol. The van der Waals surface area contributed by atoms with Gasteiger partial charge < -0.3 is 10.1 Å². The minimum Gasteiger partial charge on any atom is -0.475 e. The van der Waals surface area contributed by atoms with Gasteiger partial charge in [-0.15, -0.1) is 10.2 Å². The Morgan fingerprint density at radius 2 is 1.77 bits per heavy atom. The molecule has 1 heterocycles. The second kappa shape index (κ2) is 8.15. The largest absolute Gasteiger partial charge is 0.475 e. The van der Waals surface area contributed by atoms with E-state index in [0.29, 0.717) is 5.88 Å². The first-order chi connectivity index (χ1) is 12.6. The number of nitrogens with one attached hydrogen (secondary N) is 1. The van der Waals surface area contributed by atoms with Gasteiger partial charge in [0.1, 0.15) is 6.61 Å². The Labute approximate surface area is 148 Å². The van der Waals surface area contributed by atoms with Crippen LogP contribution < -0.4 is 10.1 Å². The van der Waals surface area contributed by atoms with Gasteiger partial charge in [-0.25, -0.2) is 8.78 Å². The van der Waals surface area contributed by atoms with E-state index in [2.05, 4.69) is 15.5 Å². The van der Waals surface area contributed by atoms with Gasteiger partial charge in [0.25, 0.3) is 5.91 Å². The van der Waals surface area contributed by atoms with E-state index >= 15 is 0 Å². The molecule has 3 rings (SSSR count). The Balaban J connectivity index is 1.47. The van der Waals surface area contributed by atoms with Crippen LogP contribution >= 0.6 is 0 Å². The van der Waals surface area contributed by atoms with Crippen molar-refractivity contribution in [3.05, 3.63) is 77.9 Å². The molecule has 2 aromatic carbocycles. The Hall–Kier alpha value is -3.35. The van der Waals surface area contributed by atoms with Crippen LogP contribution in [0.1, 0.15) is 10.4 Å². The standard InChI is InChI=1S/C19H15F2N3O2/c20-15-7-6-14(12-16(15)21)19(25)22-10-11-26-18-9-8-17(23-24-18)13-4-2-1-3-5-13/h1-9,12H,10-11H2,(H,22,25). The van der Waals surface area contributed by atoms with E-state index < -0.39 is 17.5 Å². The monoisotopic (exact) mass is 355 g/mol. The number of halogens is 2. The van der Waals surface area contributed by atoms with Crippen molar-refractivity contribution < 1.29 is 18.3 Å². The highest BCUT2D eigenvalue weighted by Crippen LogP contribution is 2.16. The average molecular weight is 355 g/mol. The third kappa shape index (κ3) is 4.38. The van der Waals surface area contributed by atoms with Gasteiger partial charge in [-0.05, 0) is 24.3 Å². The van der Waals surface area contributed by atoms with Crippen LogP contribution in [0.5, 0.6) is 5.88 Å². The third-order valence-corrected chi connectivity index (χ3v) is 3.53. The van der Waals surface area contributed by atoms with E-state index in [4.69, 9.17) is 4.74 Å². The van der Waals surface area contributed by atoms with Crippen molar-refractivity contribution in [2.45, 2.75) is 0 Å². The number of aromatic nitrogens is 2. The summed E-state index contributed by atoms with van der Waals surface area (Å²) >= 11 is 0. The van der Waals surface area contributed by atoms with Gasteiger partial charge in [0.2, 0.25) is 5.88 Å². The van der Waals surface area contributed by atoms with Crippen LogP contribution in [0.2, 0.25) is 0 Å². The summed E-state index contributed by atoms with van der Waals surface area (Å²) in [6, 6.07) is 16.0. The molecule has 0 bridgehead atoms. The molecule has 0 aliphatic heterocycles. The van der Waals surface area contributed by atoms with Crippen molar-refractivity contribution in [2.75, 3.05) is 13.2 Å². The van der Waals surface area contributed by atoms with Gasteiger partial charge in [-0.2, -0.15) is 0 Å². The molecule has 1 aromatic heterocycles. The third-order valence-electron chi connectivity index (χ3n) is 3.53. The van der Waals surface area contributed by atoms with Crippen molar-refractivity contribution in [1.82, 2.24) is 15.5 Å². The molecule has 0 unspecified atom stereocenters. The maximum Gasteiger partial charge on any atom is 0.251 e. The number of hydrogen-bond acceptors (Lipinski definition) is 4. The molecule has 0 saturated carbocycles. The summed E-state index contributed by atoms with van der Waals surface area (Å²) in [5, 5.41) is 10.6. The molecule has 3 aromatic rings. The number of nitrogens with zero attached hydrogens (tertiary/aromatic N) is 2. The van der Waals surface area contributed by atoms with Crippen molar-refractivity contribution >= 4 is 5.91 Å². The van der Waals surface area contributed by atoms with Crippen LogP contribution in [-0.4, -0.2) is 29.3 Å². The van der Waals surface area contributed by atoms with Crippen LogP contribution in [0.25, 0.3) is 11.3 Å². The first-order valence-electron chi connectivity index (χ1n) is 7.89. The molecule has 0 spiro atoms. The Bertz CT molecular complexity index is 887. The average Bonchev–Trinajstić information content (AvgIpc) is 2.68. The molecule has 1 N–H and O–H groups in total. The molecule has 0 radical (unpaired) electrons. The van der Waals surface area contributed by atoms with Crippen molar-refractivity contribution in [1.29, 1.82) is 0 Å². The van der Waals surface area contributed by atoms with E-state index in [1.807, 2.05) is 30.3 Å². The zero-order valence-electron chi connectivity index (χ0n) is 13.7. The summed E-state index contributed by atoms with van der Waals surface area (Å²) in [4.78, 5) is 11.8. The molecule has 0 aliphatic carbocycles. The zero-order chi connectivity index (χ0) is 18.4. The summed E-state index contributed by atoms with van der Waals surface area (Å²) in [5.41, 5.74) is 1.71. The molecule has 0 fully saturated rings. The Morgan fingerprint density at radius 3 is 2.46 bits per heavy atom. The van der Waals surface area contributed by atoms with Crippen LogP contribution in [0.4, 0.5) is 8.78 Å². The highest BCUT2D eigenvalue weighted by atomic mass is 19.2. The van der Waals surface area contributed by atoms with Gasteiger partial charge in [0.05, 0.1) is 12.2 Å². The molecule has 0 aliphatic rings. The van der Waals surface area contributed by atoms with Crippen LogP contribution in [0.3, 0.4) is 0 Å². The van der Waals surface area contributed by atoms with E-state index in [1.54, 1.807) is 12.1 Å². The lowest BCUT2D eigenvalue weighted by Gasteiger charge is -2.07. The maximum atomic E-state index is 13.1. The second-order valence-electron chi connectivity index (χ2n) is 5.36. The van der Waals surface area contributed by atoms with E-state index in [0.717, 1.165) is 23.4 Å². The fraction of sp³-hybridized carbons (Fsp3) is 0.105. The number of carbonyl (C=O) groups excluding carboxylic acids is 1. The van der Waals surface area contributed by atoms with Gasteiger partial charge in [0.15, 0.2) is 11.6 Å². The Morgan fingerprint density at radius 1 is 0.962 bits per heavy atom. The molecular formula is C19H15F2N3O2. The minimum absolute atomic E-state index is 0.0379. The lowest BCUT2D eigenvalue weighted by Crippen LogP contribution is -2.28. The van der Waals surface area contributed by atoms with Crippen molar-refractivity contribution in [2.24, 2.45) is 0 Å². The summed E-state index contributed by atoms with van der Waals surface area (Å²) < 4.78 is 31.4. The molecule has 5 nitrogen and oxygen atoms in total. The summed E-state index contributed by atoms with van der Waals surface area (Å²) in [7, 11) is 0. The van der Waals surface area contributed by atoms with E-state index in [9.17, 15) is 13.6 Å². The van der Waals surface area contributed by atoms with E-state index in [1.165, 1.54) is 6.07 Å². The molecule has 1 amide bonds. The van der Waals surface area contributed by atoms with Crippen molar-refractivity contribution in [3.8, 4) is 17.1 Å². The zero-order valence-corrected chi connectivity index (χ0v) is 13.7. The van der Waals surface area contributed by atoms with Crippen LogP contribution in [0, 0.1) is 11.6 Å². The normalized spacial score (nSPS) is 10.4. The topological polar surface area (TPSA) is 64.1 Å². The first kappa shape index (κ1) is 17.5. The van der Waals surface area contributed by atoms with E-state index in [-0.39, 0.29) is 18.7 Å². The minimum atomic E-state index is -1.07. The quantitative estimate of drug-likeness (QED) is 0.690. The number of benzene rings is 2. The highest BCUT2D eigenvalue weighted by molar-refractivity contribution is 5.94. The molecule has 7 heteroatoms. The number of amides is 1. The van der Waals surface area contributed by atoms with Crippen molar-refractivity contribution in [3.63, 3.8) is 0 Å². The molecule has 0 saturated heterocycles. The number of carbonyl (C=O) groups is 1. The predicted octanol–water partition coefficient (Wildman–Crippen LogP) is 3.23. The molecule has 132 valence electrons. The SMILES string of the molecule is O=C(NCCOc1ccc(-c2ccccc2)nn1)c1ccc(F)c(F)c1. The summed E-state index contributed by atoms with van der Waals surface area (Å²) in [6.07, 6.45) is 0. The van der Waals surface area contributed by atoms with Gasteiger partial charge >= 0.3 is 0 Å². The lowest BCUT2D eigenvalue weighted by molar-refractivity contribution is 0.0946. The van der Waals surface area contributed by atoms with Crippen LogP contribution in [-0.2, 0) is 0 Å². The fourth-order valence-corrected chi connectivity index (χ4v) is 2.22. The smallest absolute Gasteiger partial charge is 0.251 e. The first-order valence-corrected chi connectivity index (χ1v) is 7.89. The Kier molecular flexibility index (Phi) is 5.48. The molecule has 26 heavy (non-hydrogen) atoms. The molecule has 0 atom stereocenters. The summed E-state index contributed by atoms with van der Waals surface area (Å²) in [6.45, 7) is 0.342. The number of ether oxygens (including phenoxy) is 1. The van der Waals surface area contributed by atoms with Crippen LogP contribution in [0.15, 0.2) is 60.7 Å². The number of hydrogen-bond donors (Lipinski definition) is 1. The highest BCUT2D eigenvalue weighted by Gasteiger charge is 2.09.